The zero-order valence-electron chi connectivity index (χ0n) is 22.5. The van der Waals surface area contributed by atoms with Gasteiger partial charge in [-0.3, -0.25) is 0 Å². The Bertz CT molecular complexity index is 908. The van der Waals surface area contributed by atoms with E-state index in [-0.39, 0.29) is 22.3 Å². The monoisotopic (exact) mass is 492 g/mol. The fourth-order valence-electron chi connectivity index (χ4n) is 4.27. The lowest BCUT2D eigenvalue weighted by molar-refractivity contribution is 0.120. The highest BCUT2D eigenvalue weighted by atomic mass is 28.4. The number of terminal acetylenes is 1. The highest BCUT2D eigenvalue weighted by Crippen LogP contribution is 2.40. The molecule has 0 heterocycles. The summed E-state index contributed by atoms with van der Waals surface area (Å²) >= 11 is 0. The minimum atomic E-state index is -2.69. The maximum atomic E-state index is 7.29. The molecule has 0 saturated heterocycles. The van der Waals surface area contributed by atoms with Crippen LogP contribution in [0.5, 0.6) is 0 Å². The summed E-state index contributed by atoms with van der Waals surface area (Å²) in [4.78, 5) is 0. The van der Waals surface area contributed by atoms with Crippen LogP contribution in [0.2, 0.25) is 23.2 Å². The summed E-state index contributed by atoms with van der Waals surface area (Å²) in [7, 11) is -4.67. The van der Waals surface area contributed by atoms with Crippen molar-refractivity contribution in [3.63, 3.8) is 0 Å². The second kappa shape index (κ2) is 11.2. The number of hydrogen-bond acceptors (Lipinski definition) is 2. The smallest absolute Gasteiger partial charge is 0.261 e. The molecule has 2 aromatic rings. The van der Waals surface area contributed by atoms with Gasteiger partial charge in [-0.1, -0.05) is 108 Å². The van der Waals surface area contributed by atoms with E-state index in [0.29, 0.717) is 12.8 Å². The molecular weight excluding hydrogens is 449 g/mol. The predicted octanol–water partition coefficient (Wildman–Crippen LogP) is 6.92. The molecule has 0 aliphatic carbocycles. The van der Waals surface area contributed by atoms with Crippen LogP contribution in [-0.2, 0) is 8.85 Å². The lowest BCUT2D eigenvalue weighted by Gasteiger charge is -2.45. The normalized spacial score (nSPS) is 14.8. The molecule has 2 atom stereocenters. The van der Waals surface area contributed by atoms with E-state index >= 15 is 0 Å². The zero-order valence-corrected chi connectivity index (χ0v) is 24.5. The second-order valence-corrected chi connectivity index (χ2v) is 20.7. The van der Waals surface area contributed by atoms with Crippen LogP contribution >= 0.6 is 0 Å². The Kier molecular flexibility index (Phi) is 9.35. The van der Waals surface area contributed by atoms with E-state index < -0.39 is 16.6 Å². The third-order valence-electron chi connectivity index (χ3n) is 7.12. The fourth-order valence-corrected chi connectivity index (χ4v) is 10.3. The highest BCUT2D eigenvalue weighted by molar-refractivity contribution is 6.99. The van der Waals surface area contributed by atoms with Gasteiger partial charge in [-0.25, -0.2) is 0 Å². The summed E-state index contributed by atoms with van der Waals surface area (Å²) < 4.78 is 14.1. The Labute approximate surface area is 211 Å². The van der Waals surface area contributed by atoms with Gasteiger partial charge in [-0.05, 0) is 33.5 Å². The number of hydrogen-bond donors (Lipinski definition) is 0. The molecule has 0 aromatic heterocycles. The summed E-state index contributed by atoms with van der Waals surface area (Å²) in [6, 6.07) is 21.4. The van der Waals surface area contributed by atoms with Crippen molar-refractivity contribution in [2.24, 2.45) is 0 Å². The van der Waals surface area contributed by atoms with E-state index in [1.54, 1.807) is 0 Å². The van der Waals surface area contributed by atoms with E-state index in [0.717, 1.165) is 0 Å². The molecule has 0 N–H and O–H groups in total. The maximum Gasteiger partial charge on any atom is 0.261 e. The molecule has 0 fully saturated rings. The van der Waals surface area contributed by atoms with Gasteiger partial charge in [0.2, 0.25) is 0 Å². The van der Waals surface area contributed by atoms with Crippen molar-refractivity contribution in [3.05, 3.63) is 73.3 Å². The van der Waals surface area contributed by atoms with Gasteiger partial charge in [-0.2, -0.15) is 0 Å². The molecule has 0 aliphatic rings. The van der Waals surface area contributed by atoms with Gasteiger partial charge in [0.1, 0.15) is 0 Å². The molecule has 34 heavy (non-hydrogen) atoms. The van der Waals surface area contributed by atoms with E-state index in [1.807, 2.05) is 6.08 Å². The lowest BCUT2D eigenvalue weighted by atomic mass is 10.1. The SMILES string of the molecule is C#CC[C@H](C[C@@H](C=C)O[Si](c1ccccc1)(c1ccccc1)C(C)(C)C)O[Si](C)(C)C(C)(C)C. The van der Waals surface area contributed by atoms with Crippen molar-refractivity contribution in [2.45, 2.75) is 89.8 Å². The van der Waals surface area contributed by atoms with Crippen molar-refractivity contribution >= 4 is 27.0 Å². The fraction of sp³-hybridized carbons (Fsp3) is 0.467. The van der Waals surface area contributed by atoms with E-state index in [1.165, 1.54) is 10.4 Å². The molecule has 0 spiro atoms. The first-order valence-electron chi connectivity index (χ1n) is 12.3. The van der Waals surface area contributed by atoms with Gasteiger partial charge in [0.05, 0.1) is 12.2 Å². The molecule has 0 saturated carbocycles. The molecule has 184 valence electrons. The van der Waals surface area contributed by atoms with Gasteiger partial charge in [-0.15, -0.1) is 18.9 Å². The van der Waals surface area contributed by atoms with Crippen LogP contribution in [0.4, 0.5) is 0 Å². The second-order valence-electron chi connectivity index (χ2n) is 11.7. The Balaban J connectivity index is 2.52. The quantitative estimate of drug-likeness (QED) is 0.203. The van der Waals surface area contributed by atoms with Crippen LogP contribution < -0.4 is 10.4 Å². The van der Waals surface area contributed by atoms with E-state index in [2.05, 4.69) is 128 Å². The Morgan fingerprint density at radius 3 is 1.68 bits per heavy atom. The molecule has 0 radical (unpaired) electrons. The van der Waals surface area contributed by atoms with Gasteiger partial charge in [0, 0.05) is 12.8 Å². The molecule has 0 bridgehead atoms. The standard InChI is InChI=1S/C30H44O2Si2/c1-11-19-26(31-33(9,10)29(3,4)5)24-25(12-2)32-34(30(6,7)8,27-20-15-13-16-21-27)28-22-17-14-18-23-28/h1,12-18,20-23,25-26H,2,19,24H2,3-10H3/t25-,26-/m1/s1. The van der Waals surface area contributed by atoms with Crippen molar-refractivity contribution in [2.75, 3.05) is 0 Å². The van der Waals surface area contributed by atoms with Gasteiger partial charge in [0.15, 0.2) is 8.32 Å². The van der Waals surface area contributed by atoms with Crippen molar-refractivity contribution < 1.29 is 8.85 Å². The molecule has 0 aliphatic heterocycles. The Morgan fingerprint density at radius 2 is 1.32 bits per heavy atom. The third-order valence-corrected chi connectivity index (χ3v) is 16.7. The minimum Gasteiger partial charge on any atom is -0.413 e. The van der Waals surface area contributed by atoms with Crippen LogP contribution in [0.1, 0.15) is 54.4 Å². The molecular formula is C30H44O2Si2. The molecule has 4 heteroatoms. The van der Waals surface area contributed by atoms with Crippen LogP contribution in [-0.4, -0.2) is 28.8 Å². The molecule has 0 amide bonds. The number of benzene rings is 2. The van der Waals surface area contributed by atoms with Gasteiger partial charge >= 0.3 is 0 Å². The average Bonchev–Trinajstić information content (AvgIpc) is 2.76. The summed E-state index contributed by atoms with van der Waals surface area (Å²) in [5.74, 6) is 2.85. The highest BCUT2D eigenvalue weighted by Gasteiger charge is 2.51. The summed E-state index contributed by atoms with van der Waals surface area (Å²) in [6.45, 7) is 22.4. The molecule has 0 unspecified atom stereocenters. The lowest BCUT2D eigenvalue weighted by Crippen LogP contribution is -2.67. The van der Waals surface area contributed by atoms with Crippen LogP contribution in [0.3, 0.4) is 0 Å². The first-order valence-corrected chi connectivity index (χ1v) is 17.1. The van der Waals surface area contributed by atoms with Crippen LogP contribution in [0.25, 0.3) is 0 Å². The third kappa shape index (κ3) is 6.40. The van der Waals surface area contributed by atoms with Crippen molar-refractivity contribution in [1.29, 1.82) is 0 Å². The topological polar surface area (TPSA) is 18.5 Å². The van der Waals surface area contributed by atoms with Gasteiger partial charge in [0.25, 0.3) is 8.32 Å². The van der Waals surface area contributed by atoms with Crippen LogP contribution in [0.15, 0.2) is 73.3 Å². The predicted molar refractivity (Wildman–Crippen MR) is 153 cm³/mol. The van der Waals surface area contributed by atoms with E-state index in [4.69, 9.17) is 15.3 Å². The van der Waals surface area contributed by atoms with Crippen LogP contribution in [0, 0.1) is 12.3 Å². The average molecular weight is 493 g/mol. The molecule has 2 aromatic carbocycles. The zero-order chi connectivity index (χ0) is 25.6. The Hall–Kier alpha value is -1.91. The maximum absolute atomic E-state index is 7.29. The Morgan fingerprint density at radius 1 is 0.853 bits per heavy atom. The summed E-state index contributed by atoms with van der Waals surface area (Å²) in [6.07, 6.45) is 8.76. The molecule has 2 nitrogen and oxygen atoms in total. The van der Waals surface area contributed by atoms with Gasteiger partial charge < -0.3 is 8.85 Å². The van der Waals surface area contributed by atoms with Crippen molar-refractivity contribution in [1.82, 2.24) is 0 Å². The first-order chi connectivity index (χ1) is 15.8. The van der Waals surface area contributed by atoms with E-state index in [9.17, 15) is 0 Å². The largest absolute Gasteiger partial charge is 0.413 e. The molecule has 2 rings (SSSR count). The summed E-state index contributed by atoms with van der Waals surface area (Å²) in [5, 5.41) is 2.54. The minimum absolute atomic E-state index is 0.0629. The summed E-state index contributed by atoms with van der Waals surface area (Å²) in [5.41, 5.74) is 0. The number of rotatable bonds is 10. The first kappa shape index (κ1) is 28.3. The van der Waals surface area contributed by atoms with Crippen molar-refractivity contribution in [3.8, 4) is 12.3 Å².